The van der Waals surface area contributed by atoms with Gasteiger partial charge in [-0.2, -0.15) is 4.98 Å². The quantitative estimate of drug-likeness (QED) is 0.631. The summed E-state index contributed by atoms with van der Waals surface area (Å²) in [5, 5.41) is 14.4. The molecule has 0 amide bonds. The van der Waals surface area contributed by atoms with Crippen molar-refractivity contribution in [2.24, 2.45) is 0 Å². The van der Waals surface area contributed by atoms with Crippen LogP contribution in [0.1, 0.15) is 25.5 Å². The summed E-state index contributed by atoms with van der Waals surface area (Å²) in [5.74, 6) is 0.821. The minimum absolute atomic E-state index is 0.0196. The summed E-state index contributed by atoms with van der Waals surface area (Å²) >= 11 is 0. The lowest BCUT2D eigenvalue weighted by Gasteiger charge is -2.18. The molecule has 0 bridgehead atoms. The Morgan fingerprint density at radius 1 is 1.52 bits per heavy atom. The predicted octanol–water partition coefficient (Wildman–Crippen LogP) is 1.74. The third-order valence-corrected chi connectivity index (χ3v) is 3.53. The first-order valence-electron chi connectivity index (χ1n) is 7.11. The highest BCUT2D eigenvalue weighted by atomic mass is 16.6. The molecule has 1 saturated heterocycles. The predicted molar refractivity (Wildman–Crippen MR) is 79.8 cm³/mol. The molecule has 8 nitrogen and oxygen atoms in total. The van der Waals surface area contributed by atoms with Crippen LogP contribution < -0.4 is 10.2 Å². The number of nitrogens with zero attached hydrogens (tertiary/aromatic N) is 4. The van der Waals surface area contributed by atoms with Crippen LogP contribution in [-0.2, 0) is 4.74 Å². The Balaban J connectivity index is 2.35. The number of ether oxygens (including phenoxy) is 1. The van der Waals surface area contributed by atoms with Gasteiger partial charge in [-0.25, -0.2) is 4.98 Å². The average Bonchev–Trinajstić information content (AvgIpc) is 2.92. The number of nitro groups is 1. The Labute approximate surface area is 123 Å². The van der Waals surface area contributed by atoms with Gasteiger partial charge in [-0.1, -0.05) is 6.92 Å². The molecule has 0 aromatic carbocycles. The van der Waals surface area contributed by atoms with Gasteiger partial charge in [-0.15, -0.1) is 0 Å². The van der Waals surface area contributed by atoms with Crippen LogP contribution >= 0.6 is 0 Å². The molecule has 1 atom stereocenters. The Bertz CT molecular complexity index is 523. The van der Waals surface area contributed by atoms with E-state index in [0.29, 0.717) is 30.5 Å². The van der Waals surface area contributed by atoms with Crippen molar-refractivity contribution in [3.05, 3.63) is 15.8 Å². The van der Waals surface area contributed by atoms with Gasteiger partial charge in [0.1, 0.15) is 5.69 Å². The molecule has 116 valence electrons. The lowest BCUT2D eigenvalue weighted by atomic mass is 10.3. The number of aryl methyl sites for hydroxylation is 1. The van der Waals surface area contributed by atoms with Crippen molar-refractivity contribution in [3.8, 4) is 0 Å². The highest BCUT2D eigenvalue weighted by molar-refractivity contribution is 5.63. The van der Waals surface area contributed by atoms with Gasteiger partial charge in [-0.05, 0) is 19.8 Å². The topological polar surface area (TPSA) is 93.4 Å². The van der Waals surface area contributed by atoms with Crippen molar-refractivity contribution < 1.29 is 9.66 Å². The Hall–Kier alpha value is -1.96. The van der Waals surface area contributed by atoms with E-state index in [0.717, 1.165) is 19.4 Å². The molecule has 1 aromatic rings. The normalized spacial score (nSPS) is 18.0. The Morgan fingerprint density at radius 3 is 2.86 bits per heavy atom. The lowest BCUT2D eigenvalue weighted by molar-refractivity contribution is -0.385. The van der Waals surface area contributed by atoms with Gasteiger partial charge in [0.2, 0.25) is 11.8 Å². The van der Waals surface area contributed by atoms with Crippen LogP contribution in [0.15, 0.2) is 0 Å². The summed E-state index contributed by atoms with van der Waals surface area (Å²) in [7, 11) is 1.65. The molecule has 1 aliphatic rings. The monoisotopic (exact) mass is 295 g/mol. The van der Waals surface area contributed by atoms with Crippen molar-refractivity contribution in [3.63, 3.8) is 0 Å². The Kier molecular flexibility index (Phi) is 4.89. The van der Waals surface area contributed by atoms with Crippen LogP contribution in [0.5, 0.6) is 0 Å². The molecule has 1 aliphatic heterocycles. The van der Waals surface area contributed by atoms with Crippen molar-refractivity contribution in [2.45, 2.75) is 32.8 Å². The molecule has 1 aromatic heterocycles. The summed E-state index contributed by atoms with van der Waals surface area (Å²) in [6.07, 6.45) is 1.87. The van der Waals surface area contributed by atoms with Gasteiger partial charge in [0, 0.05) is 26.7 Å². The fraction of sp³-hybridized carbons (Fsp3) is 0.692. The van der Waals surface area contributed by atoms with Gasteiger partial charge in [0.05, 0.1) is 11.0 Å². The van der Waals surface area contributed by atoms with E-state index in [9.17, 15) is 10.1 Å². The molecule has 1 unspecified atom stereocenters. The van der Waals surface area contributed by atoms with Gasteiger partial charge in [-0.3, -0.25) is 10.1 Å². The number of hydrogen-bond donors (Lipinski definition) is 1. The van der Waals surface area contributed by atoms with Gasteiger partial charge in [0.15, 0.2) is 0 Å². The van der Waals surface area contributed by atoms with Crippen LogP contribution in [0, 0.1) is 17.0 Å². The fourth-order valence-corrected chi connectivity index (χ4v) is 2.41. The second kappa shape index (κ2) is 6.66. The van der Waals surface area contributed by atoms with Crippen LogP contribution in [0.3, 0.4) is 0 Å². The second-order valence-electron chi connectivity index (χ2n) is 5.08. The van der Waals surface area contributed by atoms with Crippen LogP contribution in [-0.4, -0.2) is 47.7 Å². The number of methoxy groups -OCH3 is 1. The molecular formula is C13H21N5O3. The smallest absolute Gasteiger partial charge is 0.332 e. The van der Waals surface area contributed by atoms with Gasteiger partial charge < -0.3 is 15.0 Å². The third kappa shape index (κ3) is 3.38. The zero-order valence-corrected chi connectivity index (χ0v) is 12.6. The third-order valence-electron chi connectivity index (χ3n) is 3.53. The molecule has 21 heavy (non-hydrogen) atoms. The minimum Gasteiger partial charge on any atom is -0.380 e. The summed E-state index contributed by atoms with van der Waals surface area (Å²) in [5.41, 5.74) is 0.360. The molecule has 0 spiro atoms. The number of anilines is 2. The zero-order chi connectivity index (χ0) is 15.4. The number of aromatic nitrogens is 2. The van der Waals surface area contributed by atoms with Crippen LogP contribution in [0.25, 0.3) is 0 Å². The first-order valence-corrected chi connectivity index (χ1v) is 7.11. The summed E-state index contributed by atoms with van der Waals surface area (Å²) in [6.45, 7) is 5.72. The second-order valence-corrected chi connectivity index (χ2v) is 5.08. The van der Waals surface area contributed by atoms with E-state index in [4.69, 9.17) is 4.74 Å². The molecule has 0 aliphatic carbocycles. The maximum absolute atomic E-state index is 11.3. The van der Waals surface area contributed by atoms with E-state index in [-0.39, 0.29) is 11.8 Å². The van der Waals surface area contributed by atoms with Crippen molar-refractivity contribution in [1.82, 2.24) is 9.97 Å². The minimum atomic E-state index is -0.408. The van der Waals surface area contributed by atoms with Crippen LogP contribution in [0.2, 0.25) is 0 Å². The molecule has 1 fully saturated rings. The fourth-order valence-electron chi connectivity index (χ4n) is 2.41. The molecule has 8 heteroatoms. The van der Waals surface area contributed by atoms with Gasteiger partial charge in [0.25, 0.3) is 0 Å². The van der Waals surface area contributed by atoms with E-state index in [1.54, 1.807) is 14.0 Å². The number of rotatable bonds is 6. The van der Waals surface area contributed by atoms with Crippen molar-refractivity contribution >= 4 is 17.5 Å². The number of nitrogens with one attached hydrogen (secondary N) is 1. The molecule has 2 heterocycles. The first kappa shape index (κ1) is 15.4. The maximum Gasteiger partial charge on any atom is 0.332 e. The molecule has 2 rings (SSSR count). The van der Waals surface area contributed by atoms with Gasteiger partial charge >= 0.3 is 5.69 Å². The van der Waals surface area contributed by atoms with E-state index in [2.05, 4.69) is 15.3 Å². The molecule has 0 saturated carbocycles. The maximum atomic E-state index is 11.3. The van der Waals surface area contributed by atoms with E-state index >= 15 is 0 Å². The first-order chi connectivity index (χ1) is 10.1. The summed E-state index contributed by atoms with van der Waals surface area (Å²) in [4.78, 5) is 21.3. The molecular weight excluding hydrogens is 274 g/mol. The largest absolute Gasteiger partial charge is 0.380 e. The molecule has 1 N–H and O–H groups in total. The average molecular weight is 295 g/mol. The van der Waals surface area contributed by atoms with E-state index < -0.39 is 4.92 Å². The highest BCUT2D eigenvalue weighted by Crippen LogP contribution is 2.32. The van der Waals surface area contributed by atoms with Crippen molar-refractivity contribution in [1.29, 1.82) is 0 Å². The SMILES string of the molecule is CCCNc1nc(C)c([N+](=O)[O-])c(N2CCC(OC)C2)n1. The van der Waals surface area contributed by atoms with Crippen LogP contribution in [0.4, 0.5) is 17.5 Å². The summed E-state index contributed by atoms with van der Waals surface area (Å²) < 4.78 is 5.32. The molecule has 0 radical (unpaired) electrons. The van der Waals surface area contributed by atoms with Crippen molar-refractivity contribution in [2.75, 3.05) is 37.0 Å². The number of hydrogen-bond acceptors (Lipinski definition) is 7. The van der Waals surface area contributed by atoms with E-state index in [1.165, 1.54) is 0 Å². The van der Waals surface area contributed by atoms with E-state index in [1.807, 2.05) is 11.8 Å². The zero-order valence-electron chi connectivity index (χ0n) is 12.6. The highest BCUT2D eigenvalue weighted by Gasteiger charge is 2.31. The lowest BCUT2D eigenvalue weighted by Crippen LogP contribution is -2.25. The summed E-state index contributed by atoms with van der Waals surface area (Å²) in [6, 6.07) is 0. The standard InChI is InChI=1S/C13H21N5O3/c1-4-6-14-13-15-9(2)11(18(19)20)12(16-13)17-7-5-10(8-17)21-3/h10H,4-8H2,1-3H3,(H,14,15,16). The Morgan fingerprint density at radius 2 is 2.29 bits per heavy atom.